The smallest absolute Gasteiger partial charge is 0.163 e. The number of nitrogen functional groups attached to an aromatic ring is 1. The summed E-state index contributed by atoms with van der Waals surface area (Å²) in [7, 11) is 2.10. The molecule has 0 amide bonds. The standard InChI is InChI=1S/C8H13N3O/c1-11-3-2-6(5-11)8-7(9)4-10-12-8/h4,6H,2-3,5,9H2,1H3. The van der Waals surface area contributed by atoms with Crippen molar-refractivity contribution >= 4 is 5.69 Å². The number of likely N-dealkylation sites (N-methyl/N-ethyl adjacent to an activating group) is 1. The molecule has 1 saturated heterocycles. The van der Waals surface area contributed by atoms with Crippen molar-refractivity contribution < 1.29 is 4.52 Å². The van der Waals surface area contributed by atoms with E-state index in [1.807, 2.05) is 0 Å². The fourth-order valence-electron chi connectivity index (χ4n) is 1.72. The number of hydrogen-bond acceptors (Lipinski definition) is 4. The lowest BCUT2D eigenvalue weighted by atomic mass is 10.1. The summed E-state index contributed by atoms with van der Waals surface area (Å²) >= 11 is 0. The Labute approximate surface area is 71.3 Å². The van der Waals surface area contributed by atoms with Gasteiger partial charge in [-0.25, -0.2) is 0 Å². The summed E-state index contributed by atoms with van der Waals surface area (Å²) in [6.45, 7) is 2.14. The van der Waals surface area contributed by atoms with Crippen molar-refractivity contribution in [3.05, 3.63) is 12.0 Å². The number of nitrogens with two attached hydrogens (primary N) is 1. The maximum Gasteiger partial charge on any atom is 0.163 e. The van der Waals surface area contributed by atoms with Gasteiger partial charge < -0.3 is 15.2 Å². The van der Waals surface area contributed by atoms with Crippen molar-refractivity contribution in [1.82, 2.24) is 10.1 Å². The summed E-state index contributed by atoms with van der Waals surface area (Å²) in [5.41, 5.74) is 6.38. The second-order valence-corrected chi connectivity index (χ2v) is 3.39. The van der Waals surface area contributed by atoms with Crippen molar-refractivity contribution in [2.45, 2.75) is 12.3 Å². The molecule has 0 spiro atoms. The van der Waals surface area contributed by atoms with Gasteiger partial charge in [-0.2, -0.15) is 0 Å². The van der Waals surface area contributed by atoms with Crippen LogP contribution in [0.25, 0.3) is 0 Å². The van der Waals surface area contributed by atoms with Gasteiger partial charge in [-0.1, -0.05) is 5.16 Å². The van der Waals surface area contributed by atoms with Gasteiger partial charge in [0.05, 0.1) is 11.9 Å². The third-order valence-corrected chi connectivity index (χ3v) is 2.39. The Balaban J connectivity index is 2.16. The van der Waals surface area contributed by atoms with Crippen LogP contribution in [0.15, 0.2) is 10.7 Å². The normalized spacial score (nSPS) is 24.9. The van der Waals surface area contributed by atoms with Crippen LogP contribution < -0.4 is 5.73 Å². The maximum atomic E-state index is 5.69. The minimum atomic E-state index is 0.442. The van der Waals surface area contributed by atoms with Gasteiger partial charge in [-0.05, 0) is 20.0 Å². The van der Waals surface area contributed by atoms with E-state index in [1.165, 1.54) is 0 Å². The minimum Gasteiger partial charge on any atom is -0.395 e. The zero-order chi connectivity index (χ0) is 8.55. The van der Waals surface area contributed by atoms with Gasteiger partial charge in [-0.15, -0.1) is 0 Å². The van der Waals surface area contributed by atoms with Crippen molar-refractivity contribution in [3.8, 4) is 0 Å². The molecular formula is C8H13N3O. The average Bonchev–Trinajstić information content (AvgIpc) is 2.58. The molecule has 4 heteroatoms. The third kappa shape index (κ3) is 1.18. The molecule has 2 rings (SSSR count). The van der Waals surface area contributed by atoms with E-state index >= 15 is 0 Å². The highest BCUT2D eigenvalue weighted by molar-refractivity contribution is 5.40. The van der Waals surface area contributed by atoms with E-state index in [-0.39, 0.29) is 0 Å². The molecule has 1 aliphatic heterocycles. The highest BCUT2D eigenvalue weighted by Gasteiger charge is 2.25. The molecule has 0 aliphatic carbocycles. The lowest BCUT2D eigenvalue weighted by Gasteiger charge is -2.06. The summed E-state index contributed by atoms with van der Waals surface area (Å²) in [5, 5.41) is 3.67. The Bertz CT molecular complexity index is 271. The number of rotatable bonds is 1. The fourth-order valence-corrected chi connectivity index (χ4v) is 1.72. The molecule has 0 bridgehead atoms. The van der Waals surface area contributed by atoms with E-state index in [2.05, 4.69) is 17.1 Å². The first kappa shape index (κ1) is 7.61. The summed E-state index contributed by atoms with van der Waals surface area (Å²) in [5.74, 6) is 1.30. The lowest BCUT2D eigenvalue weighted by molar-refractivity contribution is 0.351. The van der Waals surface area contributed by atoms with Crippen molar-refractivity contribution in [1.29, 1.82) is 0 Å². The predicted octanol–water partition coefficient (Wildman–Crippen LogP) is 0.676. The summed E-state index contributed by atoms with van der Waals surface area (Å²) in [6, 6.07) is 0. The molecule has 1 aromatic rings. The summed E-state index contributed by atoms with van der Waals surface area (Å²) in [6.07, 6.45) is 2.70. The second-order valence-electron chi connectivity index (χ2n) is 3.39. The van der Waals surface area contributed by atoms with E-state index < -0.39 is 0 Å². The highest BCUT2D eigenvalue weighted by Crippen LogP contribution is 2.29. The van der Waals surface area contributed by atoms with Crippen LogP contribution in [0.1, 0.15) is 18.1 Å². The van der Waals surface area contributed by atoms with Gasteiger partial charge in [0.2, 0.25) is 0 Å². The quantitative estimate of drug-likeness (QED) is 0.668. The fraction of sp³-hybridized carbons (Fsp3) is 0.625. The van der Waals surface area contributed by atoms with E-state index in [0.29, 0.717) is 11.6 Å². The van der Waals surface area contributed by atoms with Gasteiger partial charge in [-0.3, -0.25) is 0 Å². The zero-order valence-electron chi connectivity index (χ0n) is 7.16. The Kier molecular flexibility index (Phi) is 1.77. The molecule has 1 unspecified atom stereocenters. The molecule has 1 fully saturated rings. The number of hydrogen-bond donors (Lipinski definition) is 1. The zero-order valence-corrected chi connectivity index (χ0v) is 7.16. The van der Waals surface area contributed by atoms with Crippen molar-refractivity contribution in [2.24, 2.45) is 0 Å². The summed E-state index contributed by atoms with van der Waals surface area (Å²) < 4.78 is 5.09. The monoisotopic (exact) mass is 167 g/mol. The summed E-state index contributed by atoms with van der Waals surface area (Å²) in [4.78, 5) is 2.27. The van der Waals surface area contributed by atoms with E-state index in [4.69, 9.17) is 10.3 Å². The molecule has 0 aromatic carbocycles. The largest absolute Gasteiger partial charge is 0.395 e. The Hall–Kier alpha value is -1.03. The van der Waals surface area contributed by atoms with Crippen LogP contribution >= 0.6 is 0 Å². The van der Waals surface area contributed by atoms with Gasteiger partial charge in [0, 0.05) is 12.5 Å². The molecular weight excluding hydrogens is 154 g/mol. The first-order valence-corrected chi connectivity index (χ1v) is 4.16. The SMILES string of the molecule is CN1CCC(c2oncc2N)C1. The molecule has 0 radical (unpaired) electrons. The molecule has 12 heavy (non-hydrogen) atoms. The van der Waals surface area contributed by atoms with Crippen LogP contribution in [0.4, 0.5) is 5.69 Å². The van der Waals surface area contributed by atoms with Crippen LogP contribution in [-0.4, -0.2) is 30.2 Å². The Morgan fingerprint density at radius 2 is 2.58 bits per heavy atom. The maximum absolute atomic E-state index is 5.69. The van der Waals surface area contributed by atoms with Crippen LogP contribution in [-0.2, 0) is 0 Å². The third-order valence-electron chi connectivity index (χ3n) is 2.39. The average molecular weight is 167 g/mol. The first-order chi connectivity index (χ1) is 5.77. The molecule has 1 aliphatic rings. The van der Waals surface area contributed by atoms with Gasteiger partial charge >= 0.3 is 0 Å². The van der Waals surface area contributed by atoms with E-state index in [0.717, 1.165) is 25.3 Å². The van der Waals surface area contributed by atoms with E-state index in [9.17, 15) is 0 Å². The predicted molar refractivity (Wildman–Crippen MR) is 45.8 cm³/mol. The molecule has 1 atom stereocenters. The Morgan fingerprint density at radius 3 is 3.08 bits per heavy atom. The first-order valence-electron chi connectivity index (χ1n) is 4.16. The molecule has 1 aromatic heterocycles. The van der Waals surface area contributed by atoms with Crippen LogP contribution in [0, 0.1) is 0 Å². The second kappa shape index (κ2) is 2.79. The van der Waals surface area contributed by atoms with E-state index in [1.54, 1.807) is 6.20 Å². The molecule has 2 N–H and O–H groups in total. The van der Waals surface area contributed by atoms with Crippen molar-refractivity contribution in [3.63, 3.8) is 0 Å². The molecule has 2 heterocycles. The Morgan fingerprint density at radius 1 is 1.75 bits per heavy atom. The molecule has 66 valence electrons. The number of aromatic nitrogens is 1. The van der Waals surface area contributed by atoms with Gasteiger partial charge in [0.15, 0.2) is 5.76 Å². The lowest BCUT2D eigenvalue weighted by Crippen LogP contribution is -2.13. The van der Waals surface area contributed by atoms with Gasteiger partial charge in [0.25, 0.3) is 0 Å². The van der Waals surface area contributed by atoms with Gasteiger partial charge in [0.1, 0.15) is 0 Å². The topological polar surface area (TPSA) is 55.3 Å². The number of anilines is 1. The number of nitrogens with zero attached hydrogens (tertiary/aromatic N) is 2. The molecule has 4 nitrogen and oxygen atoms in total. The highest BCUT2D eigenvalue weighted by atomic mass is 16.5. The van der Waals surface area contributed by atoms with Crippen molar-refractivity contribution in [2.75, 3.05) is 25.9 Å². The van der Waals surface area contributed by atoms with Crippen LogP contribution in [0.2, 0.25) is 0 Å². The molecule has 0 saturated carbocycles. The van der Waals surface area contributed by atoms with Crippen LogP contribution in [0.3, 0.4) is 0 Å². The minimum absolute atomic E-state index is 0.442. The van der Waals surface area contributed by atoms with Crippen LogP contribution in [0.5, 0.6) is 0 Å². The number of likely N-dealkylation sites (tertiary alicyclic amines) is 1.